The number of benzene rings is 1. The van der Waals surface area contributed by atoms with E-state index >= 15 is 0 Å². The van der Waals surface area contributed by atoms with Gasteiger partial charge in [0.2, 0.25) is 0 Å². The number of carbonyl (C=O) groups excluding carboxylic acids is 1. The number of nitrogens with one attached hydrogen (secondary N) is 1. The van der Waals surface area contributed by atoms with Crippen LogP contribution in [-0.2, 0) is 0 Å². The summed E-state index contributed by atoms with van der Waals surface area (Å²) in [6.45, 7) is 0.451. The molecule has 8 heteroatoms. The van der Waals surface area contributed by atoms with E-state index in [0.717, 1.165) is 12.8 Å². The van der Waals surface area contributed by atoms with Crippen LogP contribution < -0.4 is 11.1 Å². The van der Waals surface area contributed by atoms with Crippen molar-refractivity contribution in [1.29, 1.82) is 0 Å². The van der Waals surface area contributed by atoms with Gasteiger partial charge < -0.3 is 11.1 Å². The highest BCUT2D eigenvalue weighted by molar-refractivity contribution is 5.93. The van der Waals surface area contributed by atoms with E-state index in [1.54, 1.807) is 18.3 Å². The molecule has 1 aromatic heterocycles. The van der Waals surface area contributed by atoms with E-state index in [1.807, 2.05) is 0 Å². The minimum atomic E-state index is -0.463. The van der Waals surface area contributed by atoms with Crippen LogP contribution in [-0.4, -0.2) is 33.2 Å². The molecule has 3 N–H and O–H groups in total. The Kier molecular flexibility index (Phi) is 4.07. The number of non-ortho nitro benzene ring substituents is 1. The highest BCUT2D eigenvalue weighted by Gasteiger charge is 2.28. The smallest absolute Gasteiger partial charge is 0.269 e. The summed E-state index contributed by atoms with van der Waals surface area (Å²) in [5, 5.41) is 17.6. The first-order chi connectivity index (χ1) is 11.0. The lowest BCUT2D eigenvalue weighted by atomic mass is 10.2. The average Bonchev–Trinajstić information content (AvgIpc) is 3.29. The van der Waals surface area contributed by atoms with Crippen LogP contribution in [0.3, 0.4) is 0 Å². The maximum Gasteiger partial charge on any atom is 0.269 e. The Hall–Kier alpha value is -2.74. The average molecular weight is 315 g/mol. The zero-order valence-electron chi connectivity index (χ0n) is 12.4. The summed E-state index contributed by atoms with van der Waals surface area (Å²) < 4.78 is 1.50. The van der Waals surface area contributed by atoms with E-state index in [4.69, 9.17) is 5.73 Å². The molecule has 1 amide bonds. The van der Waals surface area contributed by atoms with Crippen LogP contribution in [0.4, 0.5) is 5.69 Å². The van der Waals surface area contributed by atoms with Crippen molar-refractivity contribution in [2.45, 2.75) is 18.9 Å². The van der Waals surface area contributed by atoms with Crippen molar-refractivity contribution in [2.24, 2.45) is 11.7 Å². The van der Waals surface area contributed by atoms with Crippen LogP contribution in [0.15, 0.2) is 36.7 Å². The zero-order valence-corrected chi connectivity index (χ0v) is 12.4. The van der Waals surface area contributed by atoms with Gasteiger partial charge in [-0.05, 0) is 30.9 Å². The minimum Gasteiger partial charge on any atom is -0.350 e. The van der Waals surface area contributed by atoms with Crippen LogP contribution in [0.1, 0.15) is 23.2 Å². The Morgan fingerprint density at radius 1 is 1.43 bits per heavy atom. The van der Waals surface area contributed by atoms with E-state index in [9.17, 15) is 14.9 Å². The van der Waals surface area contributed by atoms with Crippen molar-refractivity contribution in [3.8, 4) is 5.69 Å². The summed E-state index contributed by atoms with van der Waals surface area (Å²) >= 11 is 0. The molecule has 2 aromatic rings. The molecular formula is C15H17N5O3. The number of nitro groups is 1. The molecule has 0 radical (unpaired) electrons. The number of nitrogens with two attached hydrogens (primary N) is 1. The monoisotopic (exact) mass is 315 g/mol. The number of hydrogen-bond acceptors (Lipinski definition) is 5. The number of nitrogens with zero attached hydrogens (tertiary/aromatic N) is 3. The molecule has 0 aliphatic heterocycles. The van der Waals surface area contributed by atoms with Gasteiger partial charge in [0.1, 0.15) is 0 Å². The molecule has 1 atom stereocenters. The largest absolute Gasteiger partial charge is 0.350 e. The summed E-state index contributed by atoms with van der Waals surface area (Å²) in [5.41, 5.74) is 7.02. The molecule has 8 nitrogen and oxygen atoms in total. The topological polar surface area (TPSA) is 116 Å². The van der Waals surface area contributed by atoms with Gasteiger partial charge in [-0.3, -0.25) is 14.9 Å². The third kappa shape index (κ3) is 3.54. The third-order valence-electron chi connectivity index (χ3n) is 3.90. The molecular weight excluding hydrogens is 298 g/mol. The predicted molar refractivity (Wildman–Crippen MR) is 83.3 cm³/mol. The summed E-state index contributed by atoms with van der Waals surface area (Å²) in [4.78, 5) is 22.2. The summed E-state index contributed by atoms with van der Waals surface area (Å²) in [6, 6.07) is 5.95. The minimum absolute atomic E-state index is 0.00340. The highest BCUT2D eigenvalue weighted by Crippen LogP contribution is 2.31. The number of hydrogen-bond donors (Lipinski definition) is 2. The Balaban J connectivity index is 1.64. The summed E-state index contributed by atoms with van der Waals surface area (Å²) in [6.07, 6.45) is 5.31. The quantitative estimate of drug-likeness (QED) is 0.614. The van der Waals surface area contributed by atoms with Crippen molar-refractivity contribution >= 4 is 11.6 Å². The normalized spacial score (nSPS) is 15.2. The molecule has 1 heterocycles. The van der Waals surface area contributed by atoms with Gasteiger partial charge in [0, 0.05) is 30.9 Å². The zero-order chi connectivity index (χ0) is 16.4. The number of carbonyl (C=O) groups is 1. The fourth-order valence-corrected chi connectivity index (χ4v) is 2.31. The first-order valence-corrected chi connectivity index (χ1v) is 7.38. The summed E-state index contributed by atoms with van der Waals surface area (Å²) in [5.74, 6) is 0.299. The van der Waals surface area contributed by atoms with Gasteiger partial charge >= 0.3 is 0 Å². The second-order valence-corrected chi connectivity index (χ2v) is 5.66. The summed E-state index contributed by atoms with van der Waals surface area (Å²) in [7, 11) is 0. The molecule has 1 fully saturated rings. The number of amides is 1. The van der Waals surface area contributed by atoms with Gasteiger partial charge in [0.25, 0.3) is 11.6 Å². The Bertz CT molecular complexity index is 721. The second-order valence-electron chi connectivity index (χ2n) is 5.66. The van der Waals surface area contributed by atoms with Crippen LogP contribution in [0.2, 0.25) is 0 Å². The van der Waals surface area contributed by atoms with Crippen molar-refractivity contribution < 1.29 is 9.72 Å². The fraction of sp³-hybridized carbons (Fsp3) is 0.333. The van der Waals surface area contributed by atoms with Gasteiger partial charge in [0.05, 0.1) is 22.4 Å². The molecule has 0 saturated heterocycles. The number of aromatic nitrogens is 2. The second kappa shape index (κ2) is 6.17. The van der Waals surface area contributed by atoms with Crippen molar-refractivity contribution in [2.75, 3.05) is 6.54 Å². The number of nitro benzene ring substituents is 1. The van der Waals surface area contributed by atoms with Gasteiger partial charge in [-0.2, -0.15) is 5.10 Å². The van der Waals surface area contributed by atoms with Crippen molar-refractivity contribution in [1.82, 2.24) is 15.1 Å². The lowest BCUT2D eigenvalue weighted by molar-refractivity contribution is -0.384. The van der Waals surface area contributed by atoms with E-state index < -0.39 is 4.92 Å². The molecule has 0 spiro atoms. The van der Waals surface area contributed by atoms with E-state index in [1.165, 1.54) is 23.0 Å². The van der Waals surface area contributed by atoms with Crippen LogP contribution in [0, 0.1) is 16.0 Å². The van der Waals surface area contributed by atoms with Gasteiger partial charge in [-0.25, -0.2) is 4.68 Å². The van der Waals surface area contributed by atoms with Crippen molar-refractivity contribution in [3.05, 3.63) is 52.3 Å². The maximum absolute atomic E-state index is 12.1. The SMILES string of the molecule is NC(CNC(=O)c1cnn(-c2ccc([N+](=O)[O-])cc2)c1)C1CC1. The van der Waals surface area contributed by atoms with E-state index in [2.05, 4.69) is 10.4 Å². The van der Waals surface area contributed by atoms with Crippen molar-refractivity contribution in [3.63, 3.8) is 0 Å². The van der Waals surface area contributed by atoms with E-state index in [-0.39, 0.29) is 17.6 Å². The predicted octanol–water partition coefficient (Wildman–Crippen LogP) is 1.25. The lowest BCUT2D eigenvalue weighted by Crippen LogP contribution is -2.38. The first kappa shape index (κ1) is 15.2. The highest BCUT2D eigenvalue weighted by atomic mass is 16.6. The Labute approximate surface area is 132 Å². The first-order valence-electron chi connectivity index (χ1n) is 7.38. The van der Waals surface area contributed by atoms with Gasteiger partial charge in [-0.1, -0.05) is 0 Å². The fourth-order valence-electron chi connectivity index (χ4n) is 2.31. The molecule has 1 aliphatic rings. The molecule has 1 unspecified atom stereocenters. The number of rotatable bonds is 6. The molecule has 1 aromatic carbocycles. The van der Waals surface area contributed by atoms with Crippen LogP contribution in [0.25, 0.3) is 5.69 Å². The molecule has 1 aliphatic carbocycles. The van der Waals surface area contributed by atoms with E-state index in [0.29, 0.717) is 23.7 Å². The Morgan fingerprint density at radius 2 is 2.13 bits per heavy atom. The molecule has 1 saturated carbocycles. The molecule has 23 heavy (non-hydrogen) atoms. The van der Waals surface area contributed by atoms with Crippen LogP contribution in [0.5, 0.6) is 0 Å². The Morgan fingerprint density at radius 3 is 2.74 bits per heavy atom. The lowest BCUT2D eigenvalue weighted by Gasteiger charge is -2.10. The van der Waals surface area contributed by atoms with Crippen LogP contribution >= 0.6 is 0 Å². The molecule has 0 bridgehead atoms. The molecule has 120 valence electrons. The van der Waals surface area contributed by atoms with Gasteiger partial charge in [0.15, 0.2) is 0 Å². The molecule has 3 rings (SSSR count). The standard InChI is InChI=1S/C15H17N5O3/c16-14(10-1-2-10)8-17-15(21)11-7-18-19(9-11)12-3-5-13(6-4-12)20(22)23/h3-7,9-10,14H,1-2,8,16H2,(H,17,21). The van der Waals surface area contributed by atoms with Gasteiger partial charge in [-0.15, -0.1) is 0 Å². The third-order valence-corrected chi connectivity index (χ3v) is 3.90. The maximum atomic E-state index is 12.1.